The smallest absolute Gasteiger partial charge is 0.111 e. The third-order valence-corrected chi connectivity index (χ3v) is 0.839. The van der Waals surface area contributed by atoms with E-state index in [0.717, 1.165) is 6.42 Å². The zero-order chi connectivity index (χ0) is 6.41. The van der Waals surface area contributed by atoms with Crippen LogP contribution in [0.2, 0.25) is 0 Å². The molecule has 4 nitrogen and oxygen atoms in total. The lowest BCUT2D eigenvalue weighted by molar-refractivity contribution is 0.0651. The number of rotatable bonds is 3. The van der Waals surface area contributed by atoms with Crippen molar-refractivity contribution < 1.29 is 4.84 Å². The first-order valence-corrected chi connectivity index (χ1v) is 2.51. The van der Waals surface area contributed by atoms with Gasteiger partial charge >= 0.3 is 0 Å². The summed E-state index contributed by atoms with van der Waals surface area (Å²) in [6.45, 7) is 3.80. The maximum absolute atomic E-state index is 7.74. The first kappa shape index (κ1) is 7.11. The van der Waals surface area contributed by atoms with Gasteiger partial charge in [0.1, 0.15) is 11.4 Å². The molecule has 0 fully saturated rings. The second kappa shape index (κ2) is 4.27. The van der Waals surface area contributed by atoms with Crippen LogP contribution >= 0.6 is 0 Å². The van der Waals surface area contributed by atoms with Crippen molar-refractivity contribution in [3.05, 3.63) is 10.4 Å². The average Bonchev–Trinajstić information content (AvgIpc) is 1.83. The van der Waals surface area contributed by atoms with Crippen molar-refractivity contribution in [3.8, 4) is 0 Å². The molecular weight excluding hydrogens is 106 g/mol. The molecule has 0 saturated heterocycles. The van der Waals surface area contributed by atoms with Gasteiger partial charge in [0.2, 0.25) is 0 Å². The molecule has 0 bridgehead atoms. The SMILES string of the molecule is CCC(C)ON=[N+]=[N-]. The molecule has 0 aliphatic heterocycles. The molecule has 0 aliphatic rings. The highest BCUT2D eigenvalue weighted by Gasteiger charge is 1.92. The van der Waals surface area contributed by atoms with Crippen molar-refractivity contribution in [3.63, 3.8) is 0 Å². The molecule has 0 N–H and O–H groups in total. The Morgan fingerprint density at radius 1 is 1.88 bits per heavy atom. The van der Waals surface area contributed by atoms with Crippen LogP contribution < -0.4 is 0 Å². The second-order valence-corrected chi connectivity index (χ2v) is 1.50. The maximum atomic E-state index is 7.74. The fraction of sp³-hybridized carbons (Fsp3) is 1.00. The lowest BCUT2D eigenvalue weighted by Gasteiger charge is -2.02. The van der Waals surface area contributed by atoms with Crippen molar-refractivity contribution in [2.45, 2.75) is 26.4 Å². The first-order chi connectivity index (χ1) is 3.81. The first-order valence-electron chi connectivity index (χ1n) is 2.51. The number of hydrogen-bond donors (Lipinski definition) is 0. The molecule has 0 heterocycles. The van der Waals surface area contributed by atoms with E-state index in [1.807, 2.05) is 13.8 Å². The zero-order valence-corrected chi connectivity index (χ0v) is 5.03. The summed E-state index contributed by atoms with van der Waals surface area (Å²) in [6.07, 6.45) is 0.893. The lowest BCUT2D eigenvalue weighted by atomic mass is 10.3. The van der Waals surface area contributed by atoms with Crippen LogP contribution in [0, 0.1) is 0 Å². The van der Waals surface area contributed by atoms with Crippen LogP contribution in [-0.4, -0.2) is 6.10 Å². The molecule has 0 saturated carbocycles. The van der Waals surface area contributed by atoms with E-state index >= 15 is 0 Å². The van der Waals surface area contributed by atoms with E-state index in [1.165, 1.54) is 0 Å². The molecule has 0 radical (unpaired) electrons. The highest BCUT2D eigenvalue weighted by atomic mass is 16.6. The summed E-state index contributed by atoms with van der Waals surface area (Å²) in [5, 5.41) is 2.92. The zero-order valence-electron chi connectivity index (χ0n) is 5.03. The second-order valence-electron chi connectivity index (χ2n) is 1.50. The average molecular weight is 115 g/mol. The minimum Gasteiger partial charge on any atom is -0.431 e. The minimum absolute atomic E-state index is 0.0332. The molecule has 46 valence electrons. The van der Waals surface area contributed by atoms with Gasteiger partial charge in [0.15, 0.2) is 0 Å². The molecule has 0 aliphatic carbocycles. The van der Waals surface area contributed by atoms with Gasteiger partial charge in [0.05, 0.1) is 0 Å². The van der Waals surface area contributed by atoms with Crippen LogP contribution in [0.5, 0.6) is 0 Å². The van der Waals surface area contributed by atoms with Gasteiger partial charge in [-0.25, -0.2) is 0 Å². The van der Waals surface area contributed by atoms with E-state index in [1.54, 1.807) is 0 Å². The maximum Gasteiger partial charge on any atom is 0.111 e. The van der Waals surface area contributed by atoms with Gasteiger partial charge in [-0.1, -0.05) is 6.92 Å². The molecule has 0 aromatic rings. The fourth-order valence-electron chi connectivity index (χ4n) is 0.176. The Balaban J connectivity index is 3.23. The molecule has 0 aromatic carbocycles. The lowest BCUT2D eigenvalue weighted by Crippen LogP contribution is -1.99. The highest BCUT2D eigenvalue weighted by molar-refractivity contribution is 4.41. The van der Waals surface area contributed by atoms with E-state index < -0.39 is 0 Å². The van der Waals surface area contributed by atoms with Crippen LogP contribution in [0.25, 0.3) is 10.4 Å². The van der Waals surface area contributed by atoms with E-state index in [-0.39, 0.29) is 6.10 Å². The molecule has 0 rings (SSSR count). The van der Waals surface area contributed by atoms with E-state index in [9.17, 15) is 0 Å². The van der Waals surface area contributed by atoms with Crippen LogP contribution in [0.3, 0.4) is 0 Å². The summed E-state index contributed by atoms with van der Waals surface area (Å²) >= 11 is 0. The number of nitrogens with zero attached hydrogens (tertiary/aromatic N) is 3. The van der Waals surface area contributed by atoms with Gasteiger partial charge < -0.3 is 4.84 Å². The topological polar surface area (TPSA) is 58.0 Å². The van der Waals surface area contributed by atoms with Crippen molar-refractivity contribution in [2.24, 2.45) is 5.28 Å². The highest BCUT2D eigenvalue weighted by Crippen LogP contribution is 1.94. The summed E-state index contributed by atoms with van der Waals surface area (Å²) < 4.78 is 0. The van der Waals surface area contributed by atoms with Gasteiger partial charge in [-0.15, -0.1) is 0 Å². The summed E-state index contributed by atoms with van der Waals surface area (Å²) in [7, 11) is 0. The van der Waals surface area contributed by atoms with Crippen LogP contribution in [0.1, 0.15) is 20.3 Å². The van der Waals surface area contributed by atoms with Crippen LogP contribution in [0.15, 0.2) is 5.28 Å². The van der Waals surface area contributed by atoms with Gasteiger partial charge in [0.25, 0.3) is 0 Å². The van der Waals surface area contributed by atoms with E-state index in [2.05, 4.69) is 15.0 Å². The summed E-state index contributed by atoms with van der Waals surface area (Å²) in [6, 6.07) is 0. The Bertz CT molecular complexity index is 97.5. The third-order valence-electron chi connectivity index (χ3n) is 0.839. The number of azide groups is 1. The largest absolute Gasteiger partial charge is 0.431 e. The van der Waals surface area contributed by atoms with E-state index in [4.69, 9.17) is 5.53 Å². The van der Waals surface area contributed by atoms with Crippen molar-refractivity contribution in [2.75, 3.05) is 0 Å². The fourth-order valence-corrected chi connectivity index (χ4v) is 0.176. The summed E-state index contributed by atoms with van der Waals surface area (Å²) in [5.41, 5.74) is 7.74. The van der Waals surface area contributed by atoms with Crippen molar-refractivity contribution >= 4 is 0 Å². The monoisotopic (exact) mass is 115 g/mol. The predicted octanol–water partition coefficient (Wildman–Crippen LogP) is 2.03. The van der Waals surface area contributed by atoms with Gasteiger partial charge in [-0.2, -0.15) is 0 Å². The van der Waals surface area contributed by atoms with Crippen molar-refractivity contribution in [1.82, 2.24) is 0 Å². The Morgan fingerprint density at radius 2 is 2.50 bits per heavy atom. The Morgan fingerprint density at radius 3 is 2.88 bits per heavy atom. The molecule has 0 aromatic heterocycles. The van der Waals surface area contributed by atoms with Gasteiger partial charge in [-0.3, -0.25) is 0 Å². The van der Waals surface area contributed by atoms with Gasteiger partial charge in [-0.05, 0) is 18.9 Å². The summed E-state index contributed by atoms with van der Waals surface area (Å²) in [5.74, 6) is 0. The molecule has 0 amide bonds. The van der Waals surface area contributed by atoms with Crippen molar-refractivity contribution in [1.29, 1.82) is 0 Å². The molecule has 1 unspecified atom stereocenters. The Labute approximate surface area is 48.0 Å². The number of hydrogen-bond acceptors (Lipinski definition) is 2. The minimum atomic E-state index is 0.0332. The Kier molecular flexibility index (Phi) is 3.80. The normalized spacial score (nSPS) is 11.8. The summed E-state index contributed by atoms with van der Waals surface area (Å²) in [4.78, 5) is 6.98. The van der Waals surface area contributed by atoms with Crippen LogP contribution in [-0.2, 0) is 4.84 Å². The molecule has 4 heteroatoms. The van der Waals surface area contributed by atoms with E-state index in [0.29, 0.717) is 0 Å². The standard InChI is InChI=1S/C4H9N3O/c1-3-4(2)8-7-6-5/h4H,3H2,1-2H3. The molecular formula is C4H9N3O. The predicted molar refractivity (Wildman–Crippen MR) is 30.0 cm³/mol. The third kappa shape index (κ3) is 3.31. The Hall–Kier alpha value is -0.890. The molecule has 0 spiro atoms. The quantitative estimate of drug-likeness (QED) is 0.240. The van der Waals surface area contributed by atoms with Gasteiger partial charge in [0, 0.05) is 4.91 Å². The van der Waals surface area contributed by atoms with Crippen LogP contribution in [0.4, 0.5) is 0 Å². The molecule has 8 heavy (non-hydrogen) atoms. The molecule has 1 atom stereocenters.